The molecule has 2 aromatic carbocycles. The van der Waals surface area contributed by atoms with Crippen LogP contribution < -0.4 is 14.8 Å². The zero-order valence-corrected chi connectivity index (χ0v) is 15.6. The highest BCUT2D eigenvalue weighted by Gasteiger charge is 2.21. The van der Waals surface area contributed by atoms with E-state index in [0.29, 0.717) is 28.8 Å². The molecule has 2 rings (SSSR count). The maximum Gasteiger partial charge on any atom is 0.241 e. The monoisotopic (exact) mass is 362 g/mol. The molecule has 0 aliphatic carbocycles. The number of carbonyl (C=O) groups is 1. The van der Waals surface area contributed by atoms with Crippen LogP contribution in [-0.2, 0) is 11.3 Å². The average molecular weight is 363 g/mol. The summed E-state index contributed by atoms with van der Waals surface area (Å²) in [5.41, 5.74) is 1.55. The molecule has 1 unspecified atom stereocenters. The number of anilines is 1. The van der Waals surface area contributed by atoms with Gasteiger partial charge < -0.3 is 14.8 Å². The summed E-state index contributed by atoms with van der Waals surface area (Å²) in [6.45, 7) is 2.39. The van der Waals surface area contributed by atoms with Gasteiger partial charge in [-0.05, 0) is 32.2 Å². The lowest BCUT2D eigenvalue weighted by Gasteiger charge is -2.25. The summed E-state index contributed by atoms with van der Waals surface area (Å²) in [6.07, 6.45) is 0. The van der Waals surface area contributed by atoms with Crippen molar-refractivity contribution in [3.05, 3.63) is 53.1 Å². The van der Waals surface area contributed by atoms with Crippen molar-refractivity contribution in [1.82, 2.24) is 4.90 Å². The first-order valence-electron chi connectivity index (χ1n) is 7.93. The summed E-state index contributed by atoms with van der Waals surface area (Å²) >= 11 is 6.10. The molecule has 1 N–H and O–H groups in total. The zero-order valence-electron chi connectivity index (χ0n) is 14.9. The Labute approximate surface area is 153 Å². The van der Waals surface area contributed by atoms with E-state index in [2.05, 4.69) is 5.32 Å². The Bertz CT molecular complexity index is 736. The Morgan fingerprint density at radius 1 is 1.16 bits per heavy atom. The Morgan fingerprint density at radius 2 is 1.88 bits per heavy atom. The van der Waals surface area contributed by atoms with Crippen LogP contribution in [0.15, 0.2) is 42.5 Å². The summed E-state index contributed by atoms with van der Waals surface area (Å²) in [6, 6.07) is 12.5. The van der Waals surface area contributed by atoms with Crippen molar-refractivity contribution in [2.24, 2.45) is 0 Å². The molecule has 0 bridgehead atoms. The number of hydrogen-bond donors (Lipinski definition) is 1. The standard InChI is InChI=1S/C19H23ClN2O3/c1-13(19(23)21-16-10-6-5-9-15(16)20)22(2)12-14-8-7-11-17(24-3)18(14)25-4/h5-11,13H,12H2,1-4H3,(H,21,23). The second-order valence-corrected chi connectivity index (χ2v) is 6.12. The van der Waals surface area contributed by atoms with Crippen molar-refractivity contribution in [3.8, 4) is 11.5 Å². The van der Waals surface area contributed by atoms with E-state index in [1.54, 1.807) is 26.4 Å². The second kappa shape index (κ2) is 8.74. The minimum Gasteiger partial charge on any atom is -0.493 e. The first kappa shape index (κ1) is 19.1. The maximum absolute atomic E-state index is 12.5. The van der Waals surface area contributed by atoms with E-state index < -0.39 is 0 Å². The summed E-state index contributed by atoms with van der Waals surface area (Å²) in [5.74, 6) is 1.22. The molecule has 0 spiro atoms. The third kappa shape index (κ3) is 4.65. The second-order valence-electron chi connectivity index (χ2n) is 5.71. The smallest absolute Gasteiger partial charge is 0.241 e. The molecule has 0 radical (unpaired) electrons. The SMILES string of the molecule is COc1cccc(CN(C)C(C)C(=O)Nc2ccccc2Cl)c1OC. The molecule has 0 saturated carbocycles. The molecule has 5 nitrogen and oxygen atoms in total. The van der Waals surface area contributed by atoms with Crippen LogP contribution in [0.1, 0.15) is 12.5 Å². The normalized spacial score (nSPS) is 11.9. The third-order valence-corrected chi connectivity index (χ3v) is 4.41. The van der Waals surface area contributed by atoms with E-state index in [0.717, 1.165) is 5.56 Å². The van der Waals surface area contributed by atoms with Crippen LogP contribution in [0.25, 0.3) is 0 Å². The van der Waals surface area contributed by atoms with Gasteiger partial charge in [-0.25, -0.2) is 0 Å². The van der Waals surface area contributed by atoms with Crippen LogP contribution >= 0.6 is 11.6 Å². The number of rotatable bonds is 7. The number of ether oxygens (including phenoxy) is 2. The molecule has 134 valence electrons. The molecular formula is C19H23ClN2O3. The number of nitrogens with one attached hydrogen (secondary N) is 1. The number of benzene rings is 2. The minimum atomic E-state index is -0.354. The fourth-order valence-corrected chi connectivity index (χ4v) is 2.67. The number of likely N-dealkylation sites (N-methyl/N-ethyl adjacent to an activating group) is 1. The quantitative estimate of drug-likeness (QED) is 0.813. The lowest BCUT2D eigenvalue weighted by molar-refractivity contribution is -0.120. The maximum atomic E-state index is 12.5. The largest absolute Gasteiger partial charge is 0.493 e. The lowest BCUT2D eigenvalue weighted by atomic mass is 10.1. The van der Waals surface area contributed by atoms with Gasteiger partial charge in [-0.1, -0.05) is 35.9 Å². The third-order valence-electron chi connectivity index (χ3n) is 4.08. The Balaban J connectivity index is 2.09. The van der Waals surface area contributed by atoms with Crippen molar-refractivity contribution in [3.63, 3.8) is 0 Å². The number of halogens is 1. The zero-order chi connectivity index (χ0) is 18.4. The number of methoxy groups -OCH3 is 2. The minimum absolute atomic E-state index is 0.127. The molecule has 2 aromatic rings. The van der Waals surface area contributed by atoms with E-state index in [4.69, 9.17) is 21.1 Å². The Kier molecular flexibility index (Phi) is 6.67. The van der Waals surface area contributed by atoms with Crippen molar-refractivity contribution >= 4 is 23.2 Å². The van der Waals surface area contributed by atoms with Gasteiger partial charge in [0, 0.05) is 12.1 Å². The molecule has 0 aliphatic heterocycles. The van der Waals surface area contributed by atoms with Gasteiger partial charge in [0.1, 0.15) is 0 Å². The van der Waals surface area contributed by atoms with Gasteiger partial charge in [-0.3, -0.25) is 9.69 Å². The molecule has 25 heavy (non-hydrogen) atoms. The Hall–Kier alpha value is -2.24. The van der Waals surface area contributed by atoms with E-state index in [-0.39, 0.29) is 11.9 Å². The van der Waals surface area contributed by atoms with Crippen molar-refractivity contribution < 1.29 is 14.3 Å². The van der Waals surface area contributed by atoms with Crippen LogP contribution in [0.3, 0.4) is 0 Å². The number of amides is 1. The molecular weight excluding hydrogens is 340 g/mol. The first-order valence-corrected chi connectivity index (χ1v) is 8.31. The van der Waals surface area contributed by atoms with Crippen LogP contribution in [0.5, 0.6) is 11.5 Å². The molecule has 0 aliphatic rings. The van der Waals surface area contributed by atoms with Gasteiger partial charge in [-0.2, -0.15) is 0 Å². The fourth-order valence-electron chi connectivity index (χ4n) is 2.48. The predicted molar refractivity (Wildman–Crippen MR) is 101 cm³/mol. The highest BCUT2D eigenvalue weighted by atomic mass is 35.5. The van der Waals surface area contributed by atoms with Crippen LogP contribution in [0.4, 0.5) is 5.69 Å². The predicted octanol–water partition coefficient (Wildman–Crippen LogP) is 3.82. The molecule has 1 atom stereocenters. The van der Waals surface area contributed by atoms with Crippen molar-refractivity contribution in [2.45, 2.75) is 19.5 Å². The molecule has 0 heterocycles. The summed E-state index contributed by atoms with van der Waals surface area (Å²) in [7, 11) is 5.09. The number of hydrogen-bond acceptors (Lipinski definition) is 4. The van der Waals surface area contributed by atoms with Gasteiger partial charge in [0.05, 0.1) is 31.0 Å². The average Bonchev–Trinajstić information content (AvgIpc) is 2.62. The first-order chi connectivity index (χ1) is 12.0. The topological polar surface area (TPSA) is 50.8 Å². The summed E-state index contributed by atoms with van der Waals surface area (Å²) < 4.78 is 10.8. The lowest BCUT2D eigenvalue weighted by Crippen LogP contribution is -2.39. The molecule has 0 aromatic heterocycles. The van der Waals surface area contributed by atoms with E-state index >= 15 is 0 Å². The van der Waals surface area contributed by atoms with Crippen molar-refractivity contribution in [2.75, 3.05) is 26.6 Å². The molecule has 0 saturated heterocycles. The van der Waals surface area contributed by atoms with Crippen LogP contribution in [0.2, 0.25) is 5.02 Å². The number of nitrogens with zero attached hydrogens (tertiary/aromatic N) is 1. The van der Waals surface area contributed by atoms with E-state index in [9.17, 15) is 4.79 Å². The van der Waals surface area contributed by atoms with Gasteiger partial charge in [0.2, 0.25) is 5.91 Å². The highest BCUT2D eigenvalue weighted by Crippen LogP contribution is 2.31. The van der Waals surface area contributed by atoms with Crippen LogP contribution in [-0.4, -0.2) is 38.1 Å². The number of para-hydroxylation sites is 2. The molecule has 6 heteroatoms. The van der Waals surface area contributed by atoms with Gasteiger partial charge in [-0.15, -0.1) is 0 Å². The van der Waals surface area contributed by atoms with Gasteiger partial charge in [0.15, 0.2) is 11.5 Å². The van der Waals surface area contributed by atoms with Gasteiger partial charge in [0.25, 0.3) is 0 Å². The Morgan fingerprint density at radius 3 is 2.52 bits per heavy atom. The number of carbonyl (C=O) groups excluding carboxylic acids is 1. The fraction of sp³-hybridized carbons (Fsp3) is 0.316. The van der Waals surface area contributed by atoms with Crippen molar-refractivity contribution in [1.29, 1.82) is 0 Å². The molecule has 0 fully saturated rings. The summed E-state index contributed by atoms with van der Waals surface area (Å²) in [4.78, 5) is 14.4. The molecule has 1 amide bonds. The van der Waals surface area contributed by atoms with E-state index in [1.165, 1.54) is 0 Å². The van der Waals surface area contributed by atoms with E-state index in [1.807, 2.05) is 49.2 Å². The van der Waals surface area contributed by atoms with Gasteiger partial charge >= 0.3 is 0 Å². The summed E-state index contributed by atoms with van der Waals surface area (Å²) in [5, 5.41) is 3.37. The highest BCUT2D eigenvalue weighted by molar-refractivity contribution is 6.33. The van der Waals surface area contributed by atoms with Crippen LogP contribution in [0, 0.1) is 0 Å².